The van der Waals surface area contributed by atoms with Gasteiger partial charge in [-0.3, -0.25) is 19.3 Å². The number of aromatic amines is 1. The van der Waals surface area contributed by atoms with Gasteiger partial charge in [0.25, 0.3) is 5.56 Å². The van der Waals surface area contributed by atoms with Gasteiger partial charge in [0.1, 0.15) is 6.33 Å². The van der Waals surface area contributed by atoms with Crippen LogP contribution in [0.5, 0.6) is 0 Å². The van der Waals surface area contributed by atoms with Gasteiger partial charge in [-0.2, -0.15) is 4.39 Å². The first-order valence-electron chi connectivity index (χ1n) is 4.77. The minimum atomic E-state index is -0.991. The molecule has 0 saturated heterocycles. The Morgan fingerprint density at radius 3 is 2.94 bits per heavy atom. The van der Waals surface area contributed by atoms with E-state index in [1.165, 1.54) is 10.7 Å². The van der Waals surface area contributed by atoms with Gasteiger partial charge in [-0.05, 0) is 0 Å². The van der Waals surface area contributed by atoms with Crippen LogP contribution in [0.15, 0.2) is 23.3 Å². The molecule has 0 unspecified atom stereocenters. The molecule has 9 heteroatoms. The number of H-pyrrole nitrogens is 1. The summed E-state index contributed by atoms with van der Waals surface area (Å²) in [5, 5.41) is 17.7. The average Bonchev–Trinajstić information content (AvgIpc) is 2.79. The maximum atomic E-state index is 13.5. The number of fused-ring (bicyclic) bond motifs is 3. The summed E-state index contributed by atoms with van der Waals surface area (Å²) in [5.74, 6) is -0.991. The fourth-order valence-electron chi connectivity index (χ4n) is 1.74. The Morgan fingerprint density at radius 2 is 2.22 bits per heavy atom. The minimum absolute atomic E-state index is 0.00393. The summed E-state index contributed by atoms with van der Waals surface area (Å²) in [6.45, 7) is 0. The molecule has 0 aliphatic rings. The van der Waals surface area contributed by atoms with Crippen molar-refractivity contribution in [1.29, 1.82) is 0 Å². The van der Waals surface area contributed by atoms with Crippen LogP contribution in [-0.2, 0) is 0 Å². The molecule has 8 nitrogen and oxygen atoms in total. The van der Waals surface area contributed by atoms with Crippen molar-refractivity contribution in [3.8, 4) is 0 Å². The Kier molecular flexibility index (Phi) is 1.91. The molecule has 0 aliphatic heterocycles. The number of hydrogen-bond donors (Lipinski definition) is 1. The quantitative estimate of drug-likeness (QED) is 0.502. The Hall–Kier alpha value is -2.84. The summed E-state index contributed by atoms with van der Waals surface area (Å²) in [6.07, 6.45) is 1.23. The summed E-state index contributed by atoms with van der Waals surface area (Å²) in [4.78, 5) is 23.7. The van der Waals surface area contributed by atoms with Gasteiger partial charge in [0.15, 0.2) is 0 Å². The topological polar surface area (TPSA) is 106 Å². The third-order valence-electron chi connectivity index (χ3n) is 2.52. The molecule has 3 rings (SSSR count). The fraction of sp³-hybridized carbons (Fsp3) is 0. The van der Waals surface area contributed by atoms with E-state index >= 15 is 0 Å². The zero-order chi connectivity index (χ0) is 12.9. The first-order valence-corrected chi connectivity index (χ1v) is 4.77. The SMILES string of the molecule is O=c1[nH]c2cc([N+](=O)[O-])c(F)cc2n2cnnc12. The van der Waals surface area contributed by atoms with Crippen LogP contribution in [0.1, 0.15) is 0 Å². The van der Waals surface area contributed by atoms with Crippen molar-refractivity contribution in [3.05, 3.63) is 44.7 Å². The van der Waals surface area contributed by atoms with Crippen LogP contribution in [0.25, 0.3) is 16.7 Å². The van der Waals surface area contributed by atoms with Crippen LogP contribution in [0.3, 0.4) is 0 Å². The van der Waals surface area contributed by atoms with Gasteiger partial charge in [0.2, 0.25) is 11.5 Å². The molecule has 2 heterocycles. The van der Waals surface area contributed by atoms with E-state index in [1.807, 2.05) is 0 Å². The average molecular weight is 249 g/mol. The third-order valence-corrected chi connectivity index (χ3v) is 2.52. The molecule has 1 aromatic carbocycles. The summed E-state index contributed by atoms with van der Waals surface area (Å²) in [6, 6.07) is 1.92. The number of aromatic nitrogens is 4. The zero-order valence-electron chi connectivity index (χ0n) is 8.62. The smallest absolute Gasteiger partial charge is 0.307 e. The molecule has 0 fully saturated rings. The molecule has 1 N–H and O–H groups in total. The molecule has 0 spiro atoms. The van der Waals surface area contributed by atoms with E-state index in [1.54, 1.807) is 0 Å². The van der Waals surface area contributed by atoms with Crippen LogP contribution in [0.2, 0.25) is 0 Å². The van der Waals surface area contributed by atoms with E-state index in [0.717, 1.165) is 12.1 Å². The number of benzene rings is 1. The molecule has 0 amide bonds. The number of halogens is 1. The molecule has 0 radical (unpaired) electrons. The Bertz CT molecular complexity index is 852. The second-order valence-corrected chi connectivity index (χ2v) is 3.56. The van der Waals surface area contributed by atoms with E-state index in [-0.39, 0.29) is 16.7 Å². The van der Waals surface area contributed by atoms with Crippen molar-refractivity contribution >= 4 is 22.4 Å². The zero-order valence-corrected chi connectivity index (χ0v) is 8.62. The third kappa shape index (κ3) is 1.27. The molecule has 0 saturated carbocycles. The van der Waals surface area contributed by atoms with Crippen LogP contribution in [0, 0.1) is 15.9 Å². The Labute approximate surface area is 96.8 Å². The highest BCUT2D eigenvalue weighted by Gasteiger charge is 2.17. The van der Waals surface area contributed by atoms with Crippen molar-refractivity contribution in [2.45, 2.75) is 0 Å². The highest BCUT2D eigenvalue weighted by Crippen LogP contribution is 2.22. The molecule has 0 bridgehead atoms. The monoisotopic (exact) mass is 249 g/mol. The Morgan fingerprint density at radius 1 is 1.44 bits per heavy atom. The lowest BCUT2D eigenvalue weighted by Gasteiger charge is -2.01. The van der Waals surface area contributed by atoms with Crippen molar-refractivity contribution in [3.63, 3.8) is 0 Å². The van der Waals surface area contributed by atoms with Crippen molar-refractivity contribution in [1.82, 2.24) is 19.6 Å². The minimum Gasteiger partial charge on any atom is -0.317 e. The molecular weight excluding hydrogens is 245 g/mol. The van der Waals surface area contributed by atoms with Gasteiger partial charge < -0.3 is 4.98 Å². The van der Waals surface area contributed by atoms with E-state index in [4.69, 9.17) is 0 Å². The molecular formula is C9H4FN5O3. The van der Waals surface area contributed by atoms with Gasteiger partial charge in [-0.1, -0.05) is 0 Å². The number of nitrogens with one attached hydrogen (secondary N) is 1. The number of nitro benzene ring substituents is 1. The largest absolute Gasteiger partial charge is 0.317 e. The van der Waals surface area contributed by atoms with E-state index in [2.05, 4.69) is 15.2 Å². The van der Waals surface area contributed by atoms with Crippen LogP contribution in [0.4, 0.5) is 10.1 Å². The van der Waals surface area contributed by atoms with Gasteiger partial charge in [-0.15, -0.1) is 10.2 Å². The maximum Gasteiger partial charge on any atom is 0.307 e. The molecule has 0 aliphatic carbocycles. The summed E-state index contributed by atoms with van der Waals surface area (Å²) < 4.78 is 14.8. The van der Waals surface area contributed by atoms with E-state index < -0.39 is 22.0 Å². The summed E-state index contributed by atoms with van der Waals surface area (Å²) in [5.41, 5.74) is -0.875. The summed E-state index contributed by atoms with van der Waals surface area (Å²) in [7, 11) is 0. The van der Waals surface area contributed by atoms with Crippen molar-refractivity contribution in [2.75, 3.05) is 0 Å². The highest BCUT2D eigenvalue weighted by molar-refractivity contribution is 5.79. The second-order valence-electron chi connectivity index (χ2n) is 3.56. The van der Waals surface area contributed by atoms with Crippen LogP contribution in [-0.4, -0.2) is 24.5 Å². The molecule has 3 aromatic rings. The van der Waals surface area contributed by atoms with Crippen molar-refractivity contribution < 1.29 is 9.31 Å². The molecule has 18 heavy (non-hydrogen) atoms. The second kappa shape index (κ2) is 3.32. The standard InChI is InChI=1S/C9H4FN5O3/c10-4-1-7-5(2-6(4)15(17)18)12-9(16)8-13-11-3-14(7)8/h1-3H,(H,12,16). The van der Waals surface area contributed by atoms with E-state index in [0.29, 0.717) is 0 Å². The van der Waals surface area contributed by atoms with Crippen LogP contribution < -0.4 is 5.56 Å². The normalized spacial score (nSPS) is 11.2. The van der Waals surface area contributed by atoms with Crippen LogP contribution >= 0.6 is 0 Å². The van der Waals surface area contributed by atoms with Gasteiger partial charge in [0, 0.05) is 12.1 Å². The molecule has 0 atom stereocenters. The fourth-order valence-corrected chi connectivity index (χ4v) is 1.74. The van der Waals surface area contributed by atoms with Gasteiger partial charge in [0.05, 0.1) is 16.0 Å². The highest BCUT2D eigenvalue weighted by atomic mass is 19.1. The first-order chi connectivity index (χ1) is 8.58. The Balaban J connectivity index is 2.54. The maximum absolute atomic E-state index is 13.5. The lowest BCUT2D eigenvalue weighted by atomic mass is 10.2. The number of hydrogen-bond acceptors (Lipinski definition) is 5. The number of rotatable bonds is 1. The van der Waals surface area contributed by atoms with Crippen molar-refractivity contribution in [2.24, 2.45) is 0 Å². The predicted octanol–water partition coefficient (Wildman–Crippen LogP) is 0.618. The van der Waals surface area contributed by atoms with E-state index in [9.17, 15) is 19.3 Å². The lowest BCUT2D eigenvalue weighted by molar-refractivity contribution is -0.387. The number of nitrogens with zero attached hydrogens (tertiary/aromatic N) is 4. The summed E-state index contributed by atoms with van der Waals surface area (Å²) >= 11 is 0. The lowest BCUT2D eigenvalue weighted by Crippen LogP contribution is -2.11. The van der Waals surface area contributed by atoms with Gasteiger partial charge in [-0.25, -0.2) is 0 Å². The predicted molar refractivity (Wildman–Crippen MR) is 57.7 cm³/mol. The molecule has 90 valence electrons. The number of nitro groups is 1. The van der Waals surface area contributed by atoms with Gasteiger partial charge >= 0.3 is 5.69 Å². The first kappa shape index (κ1) is 10.3. The molecule has 2 aromatic heterocycles.